The average molecular weight is 283 g/mol. The molecule has 1 heterocycles. The first-order valence-corrected chi connectivity index (χ1v) is 5.01. The number of aromatic nitrogens is 3. The normalized spacial score (nSPS) is 11.1. The molecule has 20 heavy (non-hydrogen) atoms. The van der Waals surface area contributed by atoms with E-state index in [4.69, 9.17) is 5.26 Å². The number of hydrogen-bond donors (Lipinski definition) is 0. The van der Waals surface area contributed by atoms with Gasteiger partial charge in [0.1, 0.15) is 6.07 Å². The fourth-order valence-corrected chi connectivity index (χ4v) is 1.44. The summed E-state index contributed by atoms with van der Waals surface area (Å²) in [5.74, 6) is 0. The second-order valence-electron chi connectivity index (χ2n) is 3.62. The molecule has 102 valence electrons. The number of alkyl halides is 3. The van der Waals surface area contributed by atoms with Gasteiger partial charge in [0.15, 0.2) is 5.69 Å². The summed E-state index contributed by atoms with van der Waals surface area (Å²) < 4.78 is 37.9. The number of nitro benzene ring substituents is 1. The maximum atomic E-state index is 12.4. The smallest absolute Gasteiger partial charge is 0.258 e. The zero-order chi connectivity index (χ0) is 14.9. The highest BCUT2D eigenvalue weighted by atomic mass is 19.4. The minimum Gasteiger partial charge on any atom is -0.258 e. The fraction of sp³-hybridized carbons (Fsp3) is 0.100. The SMILES string of the molecule is N#Cc1cc([N+](=O)[O-])ccc1-n1cc(C(F)(F)F)nn1. The average Bonchev–Trinajstić information content (AvgIpc) is 2.87. The minimum atomic E-state index is -4.66. The Morgan fingerprint density at radius 1 is 1.40 bits per heavy atom. The topological polar surface area (TPSA) is 97.6 Å². The third kappa shape index (κ3) is 2.41. The number of nitro groups is 1. The number of nitrogens with zero attached hydrogens (tertiary/aromatic N) is 5. The Balaban J connectivity index is 2.51. The van der Waals surface area contributed by atoms with Crippen LogP contribution in [0.25, 0.3) is 5.69 Å². The summed E-state index contributed by atoms with van der Waals surface area (Å²) in [6, 6.07) is 4.80. The van der Waals surface area contributed by atoms with Crippen LogP contribution in [0.3, 0.4) is 0 Å². The molecule has 0 spiro atoms. The van der Waals surface area contributed by atoms with E-state index in [1.807, 2.05) is 0 Å². The molecule has 0 unspecified atom stereocenters. The zero-order valence-electron chi connectivity index (χ0n) is 9.50. The van der Waals surface area contributed by atoms with Crippen LogP contribution in [0.5, 0.6) is 0 Å². The molecular formula is C10H4F3N5O2. The molecule has 0 saturated carbocycles. The van der Waals surface area contributed by atoms with Crippen molar-refractivity contribution >= 4 is 5.69 Å². The van der Waals surface area contributed by atoms with Gasteiger partial charge in [0, 0.05) is 12.1 Å². The number of hydrogen-bond acceptors (Lipinski definition) is 5. The molecule has 0 bridgehead atoms. The molecule has 0 atom stereocenters. The van der Waals surface area contributed by atoms with Crippen molar-refractivity contribution in [3.63, 3.8) is 0 Å². The maximum absolute atomic E-state index is 12.4. The number of benzene rings is 1. The van der Waals surface area contributed by atoms with Gasteiger partial charge in [-0.25, -0.2) is 4.68 Å². The minimum absolute atomic E-state index is 0.0268. The van der Waals surface area contributed by atoms with Crippen LogP contribution >= 0.6 is 0 Å². The van der Waals surface area contributed by atoms with Crippen molar-refractivity contribution in [2.45, 2.75) is 6.18 Å². The lowest BCUT2D eigenvalue weighted by Crippen LogP contribution is -2.05. The van der Waals surface area contributed by atoms with E-state index < -0.39 is 16.8 Å². The summed E-state index contributed by atoms with van der Waals surface area (Å²) >= 11 is 0. The van der Waals surface area contributed by atoms with E-state index in [0.29, 0.717) is 6.20 Å². The Morgan fingerprint density at radius 2 is 2.10 bits per heavy atom. The highest BCUT2D eigenvalue weighted by Crippen LogP contribution is 2.28. The fourth-order valence-electron chi connectivity index (χ4n) is 1.44. The van der Waals surface area contributed by atoms with Gasteiger partial charge < -0.3 is 0 Å². The standard InChI is InChI=1S/C10H4F3N5O2/c11-10(12,13)9-5-17(16-15-9)8-2-1-7(18(19)20)3-6(8)4-14/h1-3,5H. The predicted octanol–water partition coefficient (Wildman–Crippen LogP) is 2.07. The lowest BCUT2D eigenvalue weighted by atomic mass is 10.2. The second-order valence-corrected chi connectivity index (χ2v) is 3.62. The molecule has 0 N–H and O–H groups in total. The molecule has 0 aliphatic carbocycles. The van der Waals surface area contributed by atoms with Gasteiger partial charge in [-0.3, -0.25) is 10.1 Å². The summed E-state index contributed by atoms with van der Waals surface area (Å²) in [6.07, 6.45) is -4.06. The van der Waals surface area contributed by atoms with Gasteiger partial charge in [-0.05, 0) is 6.07 Å². The van der Waals surface area contributed by atoms with Gasteiger partial charge >= 0.3 is 6.18 Å². The number of rotatable bonds is 2. The molecule has 2 rings (SSSR count). The first kappa shape index (κ1) is 13.5. The van der Waals surface area contributed by atoms with E-state index >= 15 is 0 Å². The molecule has 1 aromatic heterocycles. The van der Waals surface area contributed by atoms with Crippen LogP contribution in [-0.2, 0) is 6.18 Å². The molecule has 10 heteroatoms. The van der Waals surface area contributed by atoms with Crippen LogP contribution in [-0.4, -0.2) is 19.9 Å². The Kier molecular flexibility index (Phi) is 3.11. The van der Waals surface area contributed by atoms with Crippen molar-refractivity contribution in [3.05, 3.63) is 45.8 Å². The van der Waals surface area contributed by atoms with E-state index in [0.717, 1.165) is 22.9 Å². The molecule has 0 aliphatic rings. The van der Waals surface area contributed by atoms with Gasteiger partial charge in [-0.2, -0.15) is 18.4 Å². The van der Waals surface area contributed by atoms with Crippen molar-refractivity contribution in [1.82, 2.24) is 15.0 Å². The summed E-state index contributed by atoms with van der Waals surface area (Å²) in [7, 11) is 0. The van der Waals surface area contributed by atoms with Crippen molar-refractivity contribution in [2.24, 2.45) is 0 Å². The van der Waals surface area contributed by atoms with Crippen molar-refractivity contribution in [2.75, 3.05) is 0 Å². The monoisotopic (exact) mass is 283 g/mol. The molecule has 7 nitrogen and oxygen atoms in total. The third-order valence-corrected chi connectivity index (χ3v) is 2.34. The molecule has 0 saturated heterocycles. The van der Waals surface area contributed by atoms with Crippen LogP contribution < -0.4 is 0 Å². The largest absolute Gasteiger partial charge is 0.436 e. The van der Waals surface area contributed by atoms with E-state index in [1.54, 1.807) is 6.07 Å². The third-order valence-electron chi connectivity index (χ3n) is 2.34. The summed E-state index contributed by atoms with van der Waals surface area (Å²) in [6.45, 7) is 0. The van der Waals surface area contributed by atoms with Crippen LogP contribution in [0.2, 0.25) is 0 Å². The zero-order valence-corrected chi connectivity index (χ0v) is 9.50. The van der Waals surface area contributed by atoms with E-state index in [2.05, 4.69) is 10.3 Å². The van der Waals surface area contributed by atoms with Gasteiger partial charge in [0.2, 0.25) is 0 Å². The Hall–Kier alpha value is -2.96. The van der Waals surface area contributed by atoms with Crippen molar-refractivity contribution < 1.29 is 18.1 Å². The van der Waals surface area contributed by atoms with Crippen LogP contribution in [0.4, 0.5) is 18.9 Å². The van der Waals surface area contributed by atoms with Crippen LogP contribution in [0, 0.1) is 21.4 Å². The van der Waals surface area contributed by atoms with E-state index in [-0.39, 0.29) is 16.9 Å². The lowest BCUT2D eigenvalue weighted by Gasteiger charge is -2.02. The highest BCUT2D eigenvalue weighted by molar-refractivity contribution is 5.54. The summed E-state index contributed by atoms with van der Waals surface area (Å²) in [4.78, 5) is 9.85. The molecule has 2 aromatic rings. The summed E-state index contributed by atoms with van der Waals surface area (Å²) in [5, 5.41) is 25.7. The van der Waals surface area contributed by atoms with Crippen LogP contribution in [0.15, 0.2) is 24.4 Å². The second kappa shape index (κ2) is 4.61. The Morgan fingerprint density at radius 3 is 2.60 bits per heavy atom. The highest BCUT2D eigenvalue weighted by Gasteiger charge is 2.34. The number of halogens is 3. The van der Waals surface area contributed by atoms with E-state index in [9.17, 15) is 23.3 Å². The van der Waals surface area contributed by atoms with Gasteiger partial charge in [0.05, 0.1) is 22.4 Å². The number of non-ortho nitro benzene ring substituents is 1. The first-order chi connectivity index (χ1) is 9.32. The van der Waals surface area contributed by atoms with Crippen LogP contribution in [0.1, 0.15) is 11.3 Å². The maximum Gasteiger partial charge on any atom is 0.436 e. The van der Waals surface area contributed by atoms with Gasteiger partial charge in [-0.1, -0.05) is 5.21 Å². The summed E-state index contributed by atoms with van der Waals surface area (Å²) in [5.41, 5.74) is -1.78. The molecule has 1 aromatic carbocycles. The molecular weight excluding hydrogens is 279 g/mol. The molecule has 0 aliphatic heterocycles. The quantitative estimate of drug-likeness (QED) is 0.620. The van der Waals surface area contributed by atoms with Crippen molar-refractivity contribution in [1.29, 1.82) is 5.26 Å². The predicted molar refractivity (Wildman–Crippen MR) is 57.7 cm³/mol. The van der Waals surface area contributed by atoms with Gasteiger partial charge in [0.25, 0.3) is 5.69 Å². The Labute approximate surface area is 109 Å². The van der Waals surface area contributed by atoms with Gasteiger partial charge in [-0.15, -0.1) is 5.10 Å². The molecule has 0 amide bonds. The lowest BCUT2D eigenvalue weighted by molar-refractivity contribution is -0.384. The van der Waals surface area contributed by atoms with Crippen molar-refractivity contribution in [3.8, 4) is 11.8 Å². The Bertz CT molecular complexity index is 716. The number of nitriles is 1. The molecule has 0 radical (unpaired) electrons. The molecule has 0 fully saturated rings. The first-order valence-electron chi connectivity index (χ1n) is 5.01. The van der Waals surface area contributed by atoms with E-state index in [1.165, 1.54) is 0 Å².